The number of aromatic nitrogens is 5. The summed E-state index contributed by atoms with van der Waals surface area (Å²) in [5, 5.41) is 9.90. The first kappa shape index (κ1) is 13.5. The average Bonchev–Trinajstić information content (AvgIpc) is 2.90. The van der Waals surface area contributed by atoms with Crippen molar-refractivity contribution in [2.75, 3.05) is 23.3 Å². The van der Waals surface area contributed by atoms with Gasteiger partial charge in [-0.3, -0.25) is 5.10 Å². The lowest BCUT2D eigenvalue weighted by atomic mass is 10.4. The minimum absolute atomic E-state index is 0.187. The van der Waals surface area contributed by atoms with E-state index in [4.69, 9.17) is 11.6 Å². The molecule has 0 amide bonds. The summed E-state index contributed by atoms with van der Waals surface area (Å²) in [6.07, 6.45) is 3.54. The smallest absolute Gasteiger partial charge is 0.231 e. The molecule has 7 nitrogen and oxygen atoms in total. The molecular formula is C11H16ClN7. The van der Waals surface area contributed by atoms with E-state index in [-0.39, 0.29) is 5.28 Å². The summed E-state index contributed by atoms with van der Waals surface area (Å²) >= 11 is 5.92. The second kappa shape index (κ2) is 6.33. The van der Waals surface area contributed by atoms with E-state index in [1.54, 1.807) is 12.4 Å². The van der Waals surface area contributed by atoms with Crippen LogP contribution in [0.25, 0.3) is 0 Å². The van der Waals surface area contributed by atoms with E-state index in [9.17, 15) is 0 Å². The van der Waals surface area contributed by atoms with Crippen LogP contribution in [0.2, 0.25) is 5.28 Å². The molecule has 0 atom stereocenters. The topological polar surface area (TPSA) is 82.6 Å². The SMILES string of the molecule is CCN(CC)c1nc(Cl)nc(NCc2cn[nH]c2)n1. The van der Waals surface area contributed by atoms with Crippen LogP contribution in [0.1, 0.15) is 19.4 Å². The van der Waals surface area contributed by atoms with Crippen molar-refractivity contribution in [2.45, 2.75) is 20.4 Å². The lowest BCUT2D eigenvalue weighted by Crippen LogP contribution is -2.25. The van der Waals surface area contributed by atoms with Crippen LogP contribution in [0.4, 0.5) is 11.9 Å². The maximum atomic E-state index is 5.92. The summed E-state index contributed by atoms with van der Waals surface area (Å²) in [5.74, 6) is 1.04. The summed E-state index contributed by atoms with van der Waals surface area (Å²) < 4.78 is 0. The van der Waals surface area contributed by atoms with Crippen molar-refractivity contribution in [2.24, 2.45) is 0 Å². The van der Waals surface area contributed by atoms with E-state index >= 15 is 0 Å². The molecule has 2 heterocycles. The quantitative estimate of drug-likeness (QED) is 0.839. The number of halogens is 1. The van der Waals surface area contributed by atoms with E-state index in [2.05, 4.69) is 30.5 Å². The Morgan fingerprint density at radius 2 is 2.05 bits per heavy atom. The Bertz CT molecular complexity index is 510. The molecule has 0 unspecified atom stereocenters. The van der Waals surface area contributed by atoms with Gasteiger partial charge in [0.15, 0.2) is 0 Å². The molecule has 0 saturated carbocycles. The zero-order valence-corrected chi connectivity index (χ0v) is 11.6. The van der Waals surface area contributed by atoms with Crippen molar-refractivity contribution in [3.05, 3.63) is 23.2 Å². The predicted molar refractivity (Wildman–Crippen MR) is 74.3 cm³/mol. The van der Waals surface area contributed by atoms with Gasteiger partial charge in [0.2, 0.25) is 17.2 Å². The van der Waals surface area contributed by atoms with Crippen LogP contribution in [0.5, 0.6) is 0 Å². The standard InChI is InChI=1S/C11H16ClN7/c1-3-19(4-2)11-17-9(12)16-10(18-11)13-5-8-6-14-15-7-8/h6-7H,3-5H2,1-2H3,(H,14,15)(H,13,16,17,18). The van der Waals surface area contributed by atoms with Crippen LogP contribution < -0.4 is 10.2 Å². The fourth-order valence-electron chi connectivity index (χ4n) is 1.62. The molecule has 8 heteroatoms. The highest BCUT2D eigenvalue weighted by Gasteiger charge is 2.09. The molecule has 19 heavy (non-hydrogen) atoms. The summed E-state index contributed by atoms with van der Waals surface area (Å²) in [4.78, 5) is 14.6. The molecule has 2 N–H and O–H groups in total. The highest BCUT2D eigenvalue weighted by Crippen LogP contribution is 2.14. The largest absolute Gasteiger partial charge is 0.350 e. The number of H-pyrrole nitrogens is 1. The minimum atomic E-state index is 0.187. The zero-order valence-electron chi connectivity index (χ0n) is 10.9. The van der Waals surface area contributed by atoms with Crippen molar-refractivity contribution in [1.29, 1.82) is 0 Å². The molecule has 0 aromatic carbocycles. The summed E-state index contributed by atoms with van der Waals surface area (Å²) in [6, 6.07) is 0. The number of nitrogens with one attached hydrogen (secondary N) is 2. The fraction of sp³-hybridized carbons (Fsp3) is 0.455. The van der Waals surface area contributed by atoms with Gasteiger partial charge < -0.3 is 10.2 Å². The average molecular weight is 282 g/mol. The summed E-state index contributed by atoms with van der Waals surface area (Å²) in [7, 11) is 0. The third-order valence-corrected chi connectivity index (χ3v) is 2.82. The lowest BCUT2D eigenvalue weighted by Gasteiger charge is -2.18. The summed E-state index contributed by atoms with van der Waals surface area (Å²) in [5.41, 5.74) is 1.01. The van der Waals surface area contributed by atoms with Crippen molar-refractivity contribution < 1.29 is 0 Å². The second-order valence-electron chi connectivity index (χ2n) is 3.86. The molecule has 0 aliphatic rings. The monoisotopic (exact) mass is 281 g/mol. The molecule has 2 aromatic heterocycles. The number of rotatable bonds is 6. The van der Waals surface area contributed by atoms with Crippen LogP contribution in [0.15, 0.2) is 12.4 Å². The van der Waals surface area contributed by atoms with Crippen LogP contribution in [0, 0.1) is 0 Å². The Hall–Kier alpha value is -1.89. The Balaban J connectivity index is 2.12. The van der Waals surface area contributed by atoms with E-state index in [0.717, 1.165) is 18.7 Å². The van der Waals surface area contributed by atoms with Crippen molar-refractivity contribution >= 4 is 23.5 Å². The molecule has 0 aliphatic carbocycles. The Morgan fingerprint density at radius 3 is 2.68 bits per heavy atom. The first-order valence-electron chi connectivity index (χ1n) is 6.11. The third kappa shape index (κ3) is 3.54. The Kier molecular flexibility index (Phi) is 4.51. The first-order valence-corrected chi connectivity index (χ1v) is 6.48. The van der Waals surface area contributed by atoms with Gasteiger partial charge in [-0.1, -0.05) is 0 Å². The van der Waals surface area contributed by atoms with Gasteiger partial charge in [0, 0.05) is 31.4 Å². The van der Waals surface area contributed by atoms with E-state index in [1.165, 1.54) is 0 Å². The molecule has 0 bridgehead atoms. The van der Waals surface area contributed by atoms with Gasteiger partial charge in [0.25, 0.3) is 0 Å². The molecule has 2 aromatic rings. The predicted octanol–water partition coefficient (Wildman–Crippen LogP) is 1.71. The second-order valence-corrected chi connectivity index (χ2v) is 4.20. The van der Waals surface area contributed by atoms with Crippen molar-refractivity contribution in [1.82, 2.24) is 25.1 Å². The molecule has 102 valence electrons. The normalized spacial score (nSPS) is 10.5. The minimum Gasteiger partial charge on any atom is -0.350 e. The molecule has 2 rings (SSSR count). The van der Waals surface area contributed by atoms with E-state index in [1.807, 2.05) is 18.7 Å². The molecule has 0 spiro atoms. The van der Waals surface area contributed by atoms with Crippen molar-refractivity contribution in [3.8, 4) is 0 Å². The molecule has 0 fully saturated rings. The van der Waals surface area contributed by atoms with Crippen LogP contribution in [-0.4, -0.2) is 38.2 Å². The molecule has 0 radical (unpaired) electrons. The van der Waals surface area contributed by atoms with Gasteiger partial charge >= 0.3 is 0 Å². The highest BCUT2D eigenvalue weighted by molar-refractivity contribution is 6.28. The van der Waals surface area contributed by atoms with Crippen LogP contribution in [0.3, 0.4) is 0 Å². The van der Waals surface area contributed by atoms with Gasteiger partial charge in [-0.05, 0) is 25.4 Å². The van der Waals surface area contributed by atoms with Gasteiger partial charge in [-0.2, -0.15) is 20.1 Å². The van der Waals surface area contributed by atoms with Crippen LogP contribution in [-0.2, 0) is 6.54 Å². The number of anilines is 2. The Morgan fingerprint density at radius 1 is 1.26 bits per heavy atom. The molecular weight excluding hydrogens is 266 g/mol. The number of hydrogen-bond acceptors (Lipinski definition) is 6. The fourth-order valence-corrected chi connectivity index (χ4v) is 1.78. The number of hydrogen-bond donors (Lipinski definition) is 2. The number of nitrogens with zero attached hydrogens (tertiary/aromatic N) is 5. The maximum Gasteiger partial charge on any atom is 0.231 e. The Labute approximate surface area is 116 Å². The molecule has 0 aliphatic heterocycles. The first-order chi connectivity index (χ1) is 9.22. The third-order valence-electron chi connectivity index (χ3n) is 2.65. The van der Waals surface area contributed by atoms with E-state index in [0.29, 0.717) is 18.4 Å². The van der Waals surface area contributed by atoms with Gasteiger partial charge in [-0.25, -0.2) is 0 Å². The van der Waals surface area contributed by atoms with Crippen molar-refractivity contribution in [3.63, 3.8) is 0 Å². The van der Waals surface area contributed by atoms with Gasteiger partial charge in [0.05, 0.1) is 6.20 Å². The lowest BCUT2D eigenvalue weighted by molar-refractivity contribution is 0.811. The van der Waals surface area contributed by atoms with Gasteiger partial charge in [-0.15, -0.1) is 0 Å². The number of aromatic amines is 1. The van der Waals surface area contributed by atoms with Gasteiger partial charge in [0.1, 0.15) is 0 Å². The zero-order chi connectivity index (χ0) is 13.7. The maximum absolute atomic E-state index is 5.92. The van der Waals surface area contributed by atoms with Crippen LogP contribution >= 0.6 is 11.6 Å². The molecule has 0 saturated heterocycles. The highest BCUT2D eigenvalue weighted by atomic mass is 35.5. The summed E-state index contributed by atoms with van der Waals surface area (Å²) in [6.45, 7) is 6.30. The van der Waals surface area contributed by atoms with E-state index < -0.39 is 0 Å².